The molecule has 24 nitrogen and oxygen atoms in total. The van der Waals surface area contributed by atoms with Crippen molar-refractivity contribution in [3.63, 3.8) is 0 Å². The predicted molar refractivity (Wildman–Crippen MR) is 511 cm³/mol. The van der Waals surface area contributed by atoms with Crippen molar-refractivity contribution in [3.05, 3.63) is 359 Å². The van der Waals surface area contributed by atoms with Crippen LogP contribution in [0.2, 0.25) is 0 Å². The third-order valence-corrected chi connectivity index (χ3v) is 28.1. The third kappa shape index (κ3) is 19.5. The Morgan fingerprint density at radius 2 is 0.552 bits per heavy atom. The highest BCUT2D eigenvalue weighted by molar-refractivity contribution is 5.92. The molecule has 12 atom stereocenters. The molecule has 2 N–H and O–H groups in total. The van der Waals surface area contributed by atoms with Crippen LogP contribution in [0.15, 0.2) is 292 Å². The number of aliphatic hydroxyl groups excluding tert-OH is 2. The first-order valence-corrected chi connectivity index (χ1v) is 46.0. The zero-order valence-electron chi connectivity index (χ0n) is 76.3. The molecular weight excluding hydrogens is 1680 g/mol. The van der Waals surface area contributed by atoms with Crippen LogP contribution in [0.4, 0.5) is 0 Å². The molecule has 0 bridgehead atoms. The molecule has 8 aliphatic rings. The molecule has 8 aromatic carbocycles. The lowest BCUT2D eigenvalue weighted by Crippen LogP contribution is -2.73. The van der Waals surface area contributed by atoms with Crippen LogP contribution in [-0.2, 0) is 73.5 Å². The van der Waals surface area contributed by atoms with Crippen molar-refractivity contribution in [1.29, 1.82) is 0 Å². The van der Waals surface area contributed by atoms with Crippen molar-refractivity contribution in [1.82, 2.24) is 59.1 Å². The van der Waals surface area contributed by atoms with Crippen molar-refractivity contribution >= 4 is 47.3 Å². The number of fused-ring (bicyclic) bond motifs is 4. The summed E-state index contributed by atoms with van der Waals surface area (Å²) in [6.45, 7) is 11.6. The number of methoxy groups -OCH3 is 2. The first kappa shape index (κ1) is 91.8. The number of aromatic nitrogens is 4. The molecule has 684 valence electrons. The lowest BCUT2D eigenvalue weighted by Gasteiger charge is -2.59. The van der Waals surface area contributed by atoms with Crippen LogP contribution in [0.5, 0.6) is 0 Å². The number of carbonyl (C=O) groups excluding carboxylic acids is 8. The molecule has 8 aliphatic heterocycles. The largest absolute Gasteiger partial charge is 0.394 e. The minimum atomic E-state index is -0.250. The first-order valence-electron chi connectivity index (χ1n) is 46.0. The summed E-state index contributed by atoms with van der Waals surface area (Å²) in [5.74, 6) is -0.205. The minimum Gasteiger partial charge on any atom is -0.394 e. The summed E-state index contributed by atoms with van der Waals surface area (Å²) >= 11 is 0. The van der Waals surface area contributed by atoms with E-state index in [2.05, 4.69) is 205 Å². The molecule has 0 spiro atoms. The van der Waals surface area contributed by atoms with E-state index in [1.807, 2.05) is 107 Å². The highest BCUT2D eigenvalue weighted by atomic mass is 16.5. The number of carbonyl (C=O) groups is 8. The molecule has 0 aliphatic carbocycles. The summed E-state index contributed by atoms with van der Waals surface area (Å²) in [4.78, 5) is 134. The number of pyridine rings is 4. The highest BCUT2D eigenvalue weighted by Gasteiger charge is 2.59. The molecule has 0 saturated carbocycles. The fraction of sp³-hybridized carbons (Fsp3) is 0.309. The second-order valence-corrected chi connectivity index (χ2v) is 36.0. The van der Waals surface area contributed by atoms with Crippen molar-refractivity contribution < 1.29 is 58.0 Å². The van der Waals surface area contributed by atoms with Gasteiger partial charge in [-0.3, -0.25) is 58.3 Å². The Morgan fingerprint density at radius 3 is 0.799 bits per heavy atom. The number of nitrogens with zero attached hydrogens (tertiary/aromatic N) is 12. The van der Waals surface area contributed by atoms with Gasteiger partial charge >= 0.3 is 0 Å². The van der Waals surface area contributed by atoms with E-state index in [1.165, 1.54) is 66.8 Å². The monoisotopic (exact) mass is 1790 g/mol. The molecule has 24 heteroatoms. The quantitative estimate of drug-likeness (QED) is 0.0638. The second kappa shape index (κ2) is 41.4. The Hall–Kier alpha value is -14.0. The number of piperazine rings is 4. The average Bonchev–Trinajstić information content (AvgIpc) is 0.751. The highest BCUT2D eigenvalue weighted by Crippen LogP contribution is 2.49. The minimum absolute atomic E-state index is 0.00129. The van der Waals surface area contributed by atoms with Crippen LogP contribution in [-0.4, -0.2) is 258 Å². The lowest BCUT2D eigenvalue weighted by molar-refractivity contribution is -0.167. The smallest absolute Gasteiger partial charge is 0.242 e. The van der Waals surface area contributed by atoms with Crippen LogP contribution in [0, 0.1) is 27.7 Å². The van der Waals surface area contributed by atoms with Gasteiger partial charge in [0, 0.05) is 113 Å². The van der Waals surface area contributed by atoms with Crippen LogP contribution in [0.25, 0.3) is 44.5 Å². The molecule has 0 radical (unpaired) electrons. The standard InChI is InChI=1S/2C28H29N3O3.2C27H27N3O3/c1-19-7-3-4-9-23(19)20-10-12-21(13-11-20)28-24-16-30(17-27(33)31(24)25(28)18-34-2)26(32)15-22-8-5-6-14-29-22;1-19-5-3-4-6-23(19)21-7-9-22(10-8-21)28-24-16-30(17-27(33)31(24)25(28)18-34-2)26(32)15-20-11-13-29-14-12-20;1-18-6-2-3-8-22(18)19-9-11-20(12-10-19)27-23-15-29(16-26(33)30(23)24(27)17-31)25(32)14-21-7-4-5-13-28-21;1-18-4-2-3-5-22(18)20-6-8-21(9-7-20)27-23-15-29(16-26(33)30(23)24(27)17-31)25(32)14-19-10-12-28-13-11-19/h2*3-14,24-25,28H,15-18H2,1-2H3;2*2-13,23-24,27,31H,14-17H2,1H3/t2*24-,25+,28-;2*23-,24+,27-/m0101/s1. The molecule has 8 fully saturated rings. The van der Waals surface area contributed by atoms with Gasteiger partial charge in [-0.05, 0) is 176 Å². The zero-order chi connectivity index (χ0) is 93.2. The predicted octanol–water partition coefficient (Wildman–Crippen LogP) is 12.5. The molecule has 134 heavy (non-hydrogen) atoms. The third-order valence-electron chi connectivity index (χ3n) is 28.1. The molecule has 8 amide bonds. The van der Waals surface area contributed by atoms with Gasteiger partial charge in [0.15, 0.2) is 0 Å². The van der Waals surface area contributed by atoms with E-state index in [-0.39, 0.29) is 184 Å². The molecule has 20 rings (SSSR count). The van der Waals surface area contributed by atoms with E-state index in [9.17, 15) is 48.6 Å². The molecular formula is C110H112N12O12. The van der Waals surface area contributed by atoms with Crippen LogP contribution < -0.4 is 0 Å². The fourth-order valence-corrected chi connectivity index (χ4v) is 21.3. The molecule has 12 aromatic rings. The van der Waals surface area contributed by atoms with Gasteiger partial charge < -0.3 is 58.9 Å². The van der Waals surface area contributed by atoms with Gasteiger partial charge in [-0.25, -0.2) is 0 Å². The van der Waals surface area contributed by atoms with Gasteiger partial charge in [0.25, 0.3) is 0 Å². The number of amides is 8. The Balaban J connectivity index is 0.000000124. The van der Waals surface area contributed by atoms with Crippen molar-refractivity contribution in [3.8, 4) is 44.5 Å². The van der Waals surface area contributed by atoms with E-state index in [4.69, 9.17) is 9.47 Å². The maximum absolute atomic E-state index is 13.0. The summed E-state index contributed by atoms with van der Waals surface area (Å²) in [7, 11) is 3.34. The van der Waals surface area contributed by atoms with Gasteiger partial charge in [0.05, 0.1) is 127 Å². The van der Waals surface area contributed by atoms with E-state index < -0.39 is 0 Å². The Morgan fingerprint density at radius 1 is 0.306 bits per heavy atom. The van der Waals surface area contributed by atoms with Crippen LogP contribution >= 0.6 is 0 Å². The number of hydrogen-bond acceptors (Lipinski definition) is 16. The Bertz CT molecular complexity index is 5810. The normalized spacial score (nSPS) is 21.9. The van der Waals surface area contributed by atoms with Crippen molar-refractivity contribution in [2.24, 2.45) is 0 Å². The Kier molecular flexibility index (Phi) is 28.4. The van der Waals surface area contributed by atoms with Gasteiger partial charge in [0.1, 0.15) is 0 Å². The molecule has 4 aromatic heterocycles. The van der Waals surface area contributed by atoms with E-state index >= 15 is 0 Å². The summed E-state index contributed by atoms with van der Waals surface area (Å²) < 4.78 is 11.0. The summed E-state index contributed by atoms with van der Waals surface area (Å²) in [5.41, 5.74) is 22.1. The number of aliphatic hydroxyl groups is 2. The van der Waals surface area contributed by atoms with Crippen LogP contribution in [0.1, 0.15) is 90.7 Å². The molecule has 12 heterocycles. The second-order valence-electron chi connectivity index (χ2n) is 36.0. The van der Waals surface area contributed by atoms with Gasteiger partial charge in [-0.1, -0.05) is 206 Å². The maximum Gasteiger partial charge on any atom is 0.242 e. The molecule has 0 unspecified atom stereocenters. The fourth-order valence-electron chi connectivity index (χ4n) is 21.3. The maximum atomic E-state index is 13.0. The summed E-state index contributed by atoms with van der Waals surface area (Å²) in [5, 5.41) is 20.1. The number of benzene rings is 8. The Labute approximate surface area is 781 Å². The topological polar surface area (TPSA) is 273 Å². The zero-order valence-corrected chi connectivity index (χ0v) is 76.3. The van der Waals surface area contributed by atoms with Crippen molar-refractivity contribution in [2.75, 3.05) is 93.0 Å². The number of rotatable bonds is 22. The summed E-state index contributed by atoms with van der Waals surface area (Å²) in [6, 6.07) is 84.8. The number of ether oxygens (including phenoxy) is 2. The van der Waals surface area contributed by atoms with Gasteiger partial charge in [0.2, 0.25) is 47.3 Å². The lowest BCUT2D eigenvalue weighted by atomic mass is 9.73. The summed E-state index contributed by atoms with van der Waals surface area (Å²) in [6.07, 6.45) is 11.0. The number of hydrogen-bond donors (Lipinski definition) is 2. The number of aryl methyl sites for hydroxylation is 4. The van der Waals surface area contributed by atoms with Crippen molar-refractivity contribution in [2.45, 2.75) is 125 Å². The van der Waals surface area contributed by atoms with Gasteiger partial charge in [-0.15, -0.1) is 0 Å². The van der Waals surface area contributed by atoms with E-state index in [0.717, 1.165) is 39.1 Å². The van der Waals surface area contributed by atoms with E-state index in [1.54, 1.807) is 80.8 Å². The SMILES string of the molecule is COC[C@@H]1[C@@H](c2ccc(-c3ccccc3C)cc2)[C@@H]2CN(C(=O)Cc3ccccn3)CC(=O)N12.COC[C@H]1[C@H](c2ccc(-c3ccccc3C)cc2)[C@H]2CN(C(=O)Cc3ccncc3)CC(=O)N21.Cc1ccccc1-c1ccc([C@@H]2[C@@H](CO)N3C(=O)CN(C(=O)Cc4ccccn4)C[C@@H]23)cc1.Cc1ccccc1-c1ccc([C@@H]2[C@H]3CN(C(=O)Cc4ccncc4)CC(=O)N3[C@H]2CO)cc1. The van der Waals surface area contributed by atoms with E-state index in [0.29, 0.717) is 45.1 Å². The van der Waals surface area contributed by atoms with Gasteiger partial charge in [-0.2, -0.15) is 0 Å². The average molecular weight is 1790 g/mol. The first-order chi connectivity index (χ1) is 65.3. The molecule has 8 saturated heterocycles. The van der Waals surface area contributed by atoms with Crippen LogP contribution in [0.3, 0.4) is 0 Å².